The number of hydrogen-bond donors (Lipinski definition) is 1. The van der Waals surface area contributed by atoms with Crippen LogP contribution in [-0.2, 0) is 6.54 Å². The summed E-state index contributed by atoms with van der Waals surface area (Å²) in [7, 11) is 2.16. The van der Waals surface area contributed by atoms with Gasteiger partial charge in [-0.15, -0.1) is 0 Å². The second kappa shape index (κ2) is 7.14. The van der Waals surface area contributed by atoms with Gasteiger partial charge in [0.05, 0.1) is 0 Å². The van der Waals surface area contributed by atoms with Crippen molar-refractivity contribution in [3.8, 4) is 0 Å². The lowest BCUT2D eigenvalue weighted by Crippen LogP contribution is -2.32. The standard InChI is InChI=1S/C14H23BrN2/c1-11(2)13(8-16)10-17(3)9-12-5-4-6-14(15)7-12/h4-7,11,13H,8-10,16H2,1-3H3. The van der Waals surface area contributed by atoms with Gasteiger partial charge in [0.15, 0.2) is 0 Å². The van der Waals surface area contributed by atoms with Crippen LogP contribution in [0.1, 0.15) is 19.4 Å². The number of nitrogens with zero attached hydrogens (tertiary/aromatic N) is 1. The average Bonchev–Trinajstić information content (AvgIpc) is 2.25. The summed E-state index contributed by atoms with van der Waals surface area (Å²) in [5.74, 6) is 1.22. The molecule has 1 aromatic rings. The van der Waals surface area contributed by atoms with E-state index >= 15 is 0 Å². The van der Waals surface area contributed by atoms with Crippen molar-refractivity contribution < 1.29 is 0 Å². The van der Waals surface area contributed by atoms with Gasteiger partial charge in [0, 0.05) is 17.6 Å². The number of benzene rings is 1. The molecule has 1 aromatic carbocycles. The molecule has 1 unspecified atom stereocenters. The Bertz CT molecular complexity index is 339. The minimum absolute atomic E-state index is 0.576. The third-order valence-electron chi connectivity index (χ3n) is 3.13. The SMILES string of the molecule is CC(C)C(CN)CN(C)Cc1cccc(Br)c1. The fourth-order valence-corrected chi connectivity index (χ4v) is 2.42. The summed E-state index contributed by atoms with van der Waals surface area (Å²) in [4.78, 5) is 2.35. The van der Waals surface area contributed by atoms with E-state index in [1.54, 1.807) is 0 Å². The maximum absolute atomic E-state index is 5.81. The Labute approximate surface area is 113 Å². The molecular weight excluding hydrogens is 276 g/mol. The summed E-state index contributed by atoms with van der Waals surface area (Å²) in [6.45, 7) is 7.28. The fraction of sp³-hybridized carbons (Fsp3) is 0.571. The molecule has 0 fully saturated rings. The minimum Gasteiger partial charge on any atom is -0.330 e. The van der Waals surface area contributed by atoms with Crippen molar-refractivity contribution in [2.24, 2.45) is 17.6 Å². The number of nitrogens with two attached hydrogens (primary N) is 1. The van der Waals surface area contributed by atoms with Crippen LogP contribution in [0, 0.1) is 11.8 Å². The first-order valence-electron chi connectivity index (χ1n) is 6.16. The van der Waals surface area contributed by atoms with Crippen LogP contribution >= 0.6 is 15.9 Å². The molecule has 3 heteroatoms. The molecule has 0 saturated carbocycles. The van der Waals surface area contributed by atoms with Crippen molar-refractivity contribution >= 4 is 15.9 Å². The van der Waals surface area contributed by atoms with E-state index in [1.807, 2.05) is 0 Å². The first-order chi connectivity index (χ1) is 8.02. The number of rotatable bonds is 6. The van der Waals surface area contributed by atoms with Crippen LogP contribution in [0.15, 0.2) is 28.7 Å². The van der Waals surface area contributed by atoms with Crippen LogP contribution in [-0.4, -0.2) is 25.0 Å². The molecular formula is C14H23BrN2. The van der Waals surface area contributed by atoms with E-state index in [-0.39, 0.29) is 0 Å². The van der Waals surface area contributed by atoms with Gasteiger partial charge in [-0.1, -0.05) is 41.9 Å². The van der Waals surface area contributed by atoms with Crippen molar-refractivity contribution in [1.29, 1.82) is 0 Å². The predicted octanol–water partition coefficient (Wildman–Crippen LogP) is 3.11. The predicted molar refractivity (Wildman–Crippen MR) is 77.9 cm³/mol. The van der Waals surface area contributed by atoms with E-state index in [0.717, 1.165) is 24.1 Å². The van der Waals surface area contributed by atoms with Crippen LogP contribution in [0.25, 0.3) is 0 Å². The summed E-state index contributed by atoms with van der Waals surface area (Å²) < 4.78 is 1.14. The van der Waals surface area contributed by atoms with Crippen LogP contribution in [0.2, 0.25) is 0 Å². The maximum Gasteiger partial charge on any atom is 0.0231 e. The molecule has 0 saturated heterocycles. The molecule has 1 rings (SSSR count). The van der Waals surface area contributed by atoms with Crippen LogP contribution in [0.3, 0.4) is 0 Å². The Morgan fingerprint density at radius 3 is 2.59 bits per heavy atom. The Kier molecular flexibility index (Phi) is 6.17. The Morgan fingerprint density at radius 1 is 1.35 bits per heavy atom. The molecule has 0 spiro atoms. The van der Waals surface area contributed by atoms with E-state index in [2.05, 4.69) is 66.0 Å². The Morgan fingerprint density at radius 2 is 2.06 bits per heavy atom. The highest BCUT2D eigenvalue weighted by Gasteiger charge is 2.13. The van der Waals surface area contributed by atoms with Crippen LogP contribution in [0.4, 0.5) is 0 Å². The molecule has 1 atom stereocenters. The number of hydrogen-bond acceptors (Lipinski definition) is 2. The van der Waals surface area contributed by atoms with Crippen molar-refractivity contribution in [1.82, 2.24) is 4.90 Å². The van der Waals surface area contributed by atoms with Gasteiger partial charge in [-0.25, -0.2) is 0 Å². The zero-order valence-electron chi connectivity index (χ0n) is 11.0. The maximum atomic E-state index is 5.81. The van der Waals surface area contributed by atoms with Crippen molar-refractivity contribution in [2.45, 2.75) is 20.4 Å². The second-order valence-electron chi connectivity index (χ2n) is 5.07. The third kappa shape index (κ3) is 5.19. The van der Waals surface area contributed by atoms with E-state index in [1.165, 1.54) is 5.56 Å². The molecule has 0 amide bonds. The second-order valence-corrected chi connectivity index (χ2v) is 5.98. The minimum atomic E-state index is 0.576. The highest BCUT2D eigenvalue weighted by molar-refractivity contribution is 9.10. The summed E-state index contributed by atoms with van der Waals surface area (Å²) in [5, 5.41) is 0. The van der Waals surface area contributed by atoms with Crippen molar-refractivity contribution in [3.63, 3.8) is 0 Å². The third-order valence-corrected chi connectivity index (χ3v) is 3.63. The topological polar surface area (TPSA) is 29.3 Å². The van der Waals surface area contributed by atoms with Gasteiger partial charge in [0.25, 0.3) is 0 Å². The zero-order chi connectivity index (χ0) is 12.8. The van der Waals surface area contributed by atoms with E-state index in [9.17, 15) is 0 Å². The molecule has 0 aromatic heterocycles. The van der Waals surface area contributed by atoms with Gasteiger partial charge >= 0.3 is 0 Å². The normalized spacial score (nSPS) is 13.4. The largest absolute Gasteiger partial charge is 0.330 e. The van der Waals surface area contributed by atoms with Gasteiger partial charge < -0.3 is 10.6 Å². The quantitative estimate of drug-likeness (QED) is 0.874. The molecule has 2 N–H and O–H groups in total. The first kappa shape index (κ1) is 14.7. The van der Waals surface area contributed by atoms with E-state index in [0.29, 0.717) is 11.8 Å². The first-order valence-corrected chi connectivity index (χ1v) is 6.95. The van der Waals surface area contributed by atoms with Gasteiger partial charge in [-0.2, -0.15) is 0 Å². The summed E-state index contributed by atoms with van der Waals surface area (Å²) in [5.41, 5.74) is 7.14. The molecule has 0 aliphatic carbocycles. The average molecular weight is 299 g/mol. The van der Waals surface area contributed by atoms with Gasteiger partial charge in [-0.3, -0.25) is 0 Å². The zero-order valence-corrected chi connectivity index (χ0v) is 12.6. The molecule has 0 aliphatic heterocycles. The molecule has 0 radical (unpaired) electrons. The summed E-state index contributed by atoms with van der Waals surface area (Å²) in [6.07, 6.45) is 0. The molecule has 0 bridgehead atoms. The van der Waals surface area contributed by atoms with E-state index in [4.69, 9.17) is 5.73 Å². The highest BCUT2D eigenvalue weighted by Crippen LogP contribution is 2.15. The number of halogens is 1. The monoisotopic (exact) mass is 298 g/mol. The lowest BCUT2D eigenvalue weighted by molar-refractivity contribution is 0.234. The smallest absolute Gasteiger partial charge is 0.0231 e. The molecule has 96 valence electrons. The lowest BCUT2D eigenvalue weighted by Gasteiger charge is -2.25. The van der Waals surface area contributed by atoms with E-state index < -0.39 is 0 Å². The Hall–Kier alpha value is -0.380. The molecule has 0 heterocycles. The van der Waals surface area contributed by atoms with Crippen LogP contribution in [0.5, 0.6) is 0 Å². The fourth-order valence-electron chi connectivity index (χ4n) is 1.97. The highest BCUT2D eigenvalue weighted by atomic mass is 79.9. The van der Waals surface area contributed by atoms with Crippen LogP contribution < -0.4 is 5.73 Å². The Balaban J connectivity index is 2.51. The summed E-state index contributed by atoms with van der Waals surface area (Å²) >= 11 is 3.50. The molecule has 17 heavy (non-hydrogen) atoms. The van der Waals surface area contributed by atoms with Crippen molar-refractivity contribution in [2.75, 3.05) is 20.1 Å². The van der Waals surface area contributed by atoms with Crippen molar-refractivity contribution in [3.05, 3.63) is 34.3 Å². The molecule has 2 nitrogen and oxygen atoms in total. The van der Waals surface area contributed by atoms with Gasteiger partial charge in [0.2, 0.25) is 0 Å². The summed E-state index contributed by atoms with van der Waals surface area (Å²) in [6, 6.07) is 8.47. The van der Waals surface area contributed by atoms with Gasteiger partial charge in [-0.05, 0) is 43.1 Å². The lowest BCUT2D eigenvalue weighted by atomic mass is 9.95. The van der Waals surface area contributed by atoms with Gasteiger partial charge in [0.1, 0.15) is 0 Å². The molecule has 0 aliphatic rings.